The van der Waals surface area contributed by atoms with E-state index in [-0.39, 0.29) is 44.6 Å². The first-order chi connectivity index (χ1) is 35.3. The average molecular weight is 1010 g/mol. The van der Waals surface area contributed by atoms with Crippen LogP contribution in [0.1, 0.15) is 202 Å². The van der Waals surface area contributed by atoms with E-state index in [4.69, 9.17) is 9.40 Å². The second kappa shape index (κ2) is 16.7. The smallest absolute Gasteiger partial charge is 0.252 e. The Balaban J connectivity index is 1.22. The Labute approximate surface area is 457 Å². The molecule has 6 aliphatic rings. The number of anilines is 6. The van der Waals surface area contributed by atoms with Crippen molar-refractivity contribution in [2.45, 2.75) is 201 Å². The third kappa shape index (κ3) is 8.59. The molecule has 6 aromatic carbocycles. The minimum Gasteiger partial charge on any atom is -0.436 e. The number of oxazole rings is 1. The number of fused-ring (bicyclic) bond motifs is 5. The number of nitrogens with zero attached hydrogens (tertiary/aromatic N) is 3. The number of aromatic nitrogens is 1. The summed E-state index contributed by atoms with van der Waals surface area (Å²) in [5.41, 5.74) is 23.8. The Morgan fingerprint density at radius 1 is 0.434 bits per heavy atom. The minimum atomic E-state index is -0.0775. The molecule has 5 heteroatoms. The molecule has 0 radical (unpaired) electrons. The minimum absolute atomic E-state index is 0.0475. The molecule has 13 rings (SSSR count). The lowest BCUT2D eigenvalue weighted by Crippen LogP contribution is -2.62. The van der Waals surface area contributed by atoms with Crippen LogP contribution in [0.2, 0.25) is 0 Å². The van der Waals surface area contributed by atoms with Gasteiger partial charge < -0.3 is 14.2 Å². The zero-order valence-electron chi connectivity index (χ0n) is 49.6. The lowest BCUT2D eigenvalue weighted by Gasteiger charge is -2.57. The van der Waals surface area contributed by atoms with Crippen LogP contribution in [0.25, 0.3) is 22.6 Å². The fourth-order valence-electron chi connectivity index (χ4n) is 14.7. The highest BCUT2D eigenvalue weighted by molar-refractivity contribution is 7.00. The van der Waals surface area contributed by atoms with E-state index in [0.29, 0.717) is 5.89 Å². The molecule has 3 heterocycles. The van der Waals surface area contributed by atoms with Crippen LogP contribution in [0.15, 0.2) is 108 Å². The van der Waals surface area contributed by atoms with Gasteiger partial charge in [-0.2, -0.15) is 0 Å². The number of benzene rings is 6. The number of hydrogen-bond acceptors (Lipinski definition) is 4. The Morgan fingerprint density at radius 3 is 1.30 bits per heavy atom. The Kier molecular flexibility index (Phi) is 11.3. The zero-order chi connectivity index (χ0) is 54.2. The summed E-state index contributed by atoms with van der Waals surface area (Å²) >= 11 is 0. The van der Waals surface area contributed by atoms with Gasteiger partial charge in [-0.1, -0.05) is 161 Å². The molecule has 0 unspecified atom stereocenters. The van der Waals surface area contributed by atoms with Crippen LogP contribution in [0.3, 0.4) is 0 Å². The predicted molar refractivity (Wildman–Crippen MR) is 326 cm³/mol. The molecule has 4 fully saturated rings. The first-order valence-corrected chi connectivity index (χ1v) is 29.1. The third-order valence-electron chi connectivity index (χ3n) is 18.9. The van der Waals surface area contributed by atoms with Gasteiger partial charge in [-0.05, 0) is 210 Å². The summed E-state index contributed by atoms with van der Waals surface area (Å²) < 4.78 is 7.01. The van der Waals surface area contributed by atoms with Crippen molar-refractivity contribution in [1.82, 2.24) is 4.98 Å². The van der Waals surface area contributed by atoms with Gasteiger partial charge in [0, 0.05) is 45.8 Å². The van der Waals surface area contributed by atoms with Crippen molar-refractivity contribution < 1.29 is 4.42 Å². The number of hydrogen-bond donors (Lipinski definition) is 0. The second-order valence-electron chi connectivity index (χ2n) is 31.0. The summed E-state index contributed by atoms with van der Waals surface area (Å²) in [6, 6.07) is 41.7. The molecule has 0 atom stereocenters. The fraction of sp³-hybridized carbons (Fsp3) is 0.479. The maximum atomic E-state index is 7.01. The fourth-order valence-corrected chi connectivity index (χ4v) is 14.7. The highest BCUT2D eigenvalue weighted by atomic mass is 16.3. The first-order valence-electron chi connectivity index (χ1n) is 29.1. The van der Waals surface area contributed by atoms with Gasteiger partial charge in [-0.3, -0.25) is 0 Å². The molecule has 4 aliphatic carbocycles. The highest BCUT2D eigenvalue weighted by Crippen LogP contribution is 2.62. The van der Waals surface area contributed by atoms with E-state index in [1.54, 1.807) is 5.56 Å². The summed E-state index contributed by atoms with van der Waals surface area (Å²) in [4.78, 5) is 10.8. The molecular formula is C71H86BN3O. The normalized spacial score (nSPS) is 21.3. The molecule has 4 saturated carbocycles. The predicted octanol–water partition coefficient (Wildman–Crippen LogP) is 17.8. The van der Waals surface area contributed by atoms with E-state index in [0.717, 1.165) is 34.4 Å². The van der Waals surface area contributed by atoms with Crippen LogP contribution in [-0.4, -0.2) is 11.7 Å². The molecule has 2 aliphatic heterocycles. The van der Waals surface area contributed by atoms with Gasteiger partial charge in [0.05, 0.1) is 0 Å². The van der Waals surface area contributed by atoms with E-state index in [9.17, 15) is 0 Å². The van der Waals surface area contributed by atoms with E-state index in [1.165, 1.54) is 122 Å². The molecule has 0 N–H and O–H groups in total. The second-order valence-corrected chi connectivity index (χ2v) is 31.0. The summed E-state index contributed by atoms with van der Waals surface area (Å²) in [6.07, 6.45) is 8.12. The Hall–Kier alpha value is -5.55. The SMILES string of the molecule is CC(C)(C)c1ccc(-c2nc3cc4c(cc3o2)N(c2cc(C(C)(C)C)cc(C(C)(C)C)c2)c2cc(C35CC6CC(CC(C6)C3)C5)cc3c2B4c2cc(C(C)(C)C)ccc2N3c2cc(C(C)(C)C)cc(C(C)(C)C)c2)cc1. The quantitative estimate of drug-likeness (QED) is 0.165. The Bertz CT molecular complexity index is 3370. The lowest BCUT2D eigenvalue weighted by atomic mass is 9.33. The molecule has 0 saturated heterocycles. The zero-order valence-corrected chi connectivity index (χ0v) is 49.6. The van der Waals surface area contributed by atoms with Crippen LogP contribution in [0, 0.1) is 17.8 Å². The molecule has 394 valence electrons. The molecular weight excluding hydrogens is 922 g/mol. The summed E-state index contributed by atoms with van der Waals surface area (Å²) in [5, 5.41) is 0. The van der Waals surface area contributed by atoms with Crippen molar-refractivity contribution in [3.63, 3.8) is 0 Å². The van der Waals surface area contributed by atoms with Gasteiger partial charge in [0.15, 0.2) is 5.58 Å². The van der Waals surface area contributed by atoms with Crippen LogP contribution in [0.4, 0.5) is 34.1 Å². The van der Waals surface area contributed by atoms with Crippen molar-refractivity contribution in [2.24, 2.45) is 17.8 Å². The monoisotopic (exact) mass is 1010 g/mol. The molecule has 1 aromatic heterocycles. The Morgan fingerprint density at radius 2 is 0.855 bits per heavy atom. The van der Waals surface area contributed by atoms with Crippen molar-refractivity contribution in [3.05, 3.63) is 142 Å². The largest absolute Gasteiger partial charge is 0.436 e. The highest BCUT2D eigenvalue weighted by Gasteiger charge is 2.53. The molecule has 0 amide bonds. The van der Waals surface area contributed by atoms with Gasteiger partial charge in [0.1, 0.15) is 5.52 Å². The number of rotatable bonds is 4. The standard InChI is InChI=1S/C71H86BN3O/c1-65(2,3)46-21-19-45(20-22-46)64-73-57-37-56-59(38-62(57)76-64)75(54-32-50(69(13,14)15)29-51(33-54)70(16,17)18)61-36-52(71-39-42-25-43(40-71)27-44(26-42)41-71)35-60-63(61)72(56)55-34-47(66(4,5)6)23-24-58(55)74(60)53-30-48(67(7,8)9)28-49(31-53)68(10,11)12/h19-24,28-38,42-44H,25-27,39-41H2,1-18H3. The van der Waals surface area contributed by atoms with Crippen LogP contribution in [0.5, 0.6) is 0 Å². The van der Waals surface area contributed by atoms with Crippen molar-refractivity contribution in [1.29, 1.82) is 0 Å². The van der Waals surface area contributed by atoms with Gasteiger partial charge in [-0.15, -0.1) is 0 Å². The molecule has 7 aromatic rings. The van der Waals surface area contributed by atoms with Crippen LogP contribution < -0.4 is 26.2 Å². The van der Waals surface area contributed by atoms with E-state index >= 15 is 0 Å². The lowest BCUT2D eigenvalue weighted by molar-refractivity contribution is -0.00514. The molecule has 4 bridgehead atoms. The van der Waals surface area contributed by atoms with Gasteiger partial charge in [0.25, 0.3) is 6.71 Å². The van der Waals surface area contributed by atoms with Crippen LogP contribution >= 0.6 is 0 Å². The summed E-state index contributed by atoms with van der Waals surface area (Å²) in [6.45, 7) is 42.4. The van der Waals surface area contributed by atoms with E-state index < -0.39 is 0 Å². The van der Waals surface area contributed by atoms with E-state index in [1.807, 2.05) is 0 Å². The maximum absolute atomic E-state index is 7.01. The van der Waals surface area contributed by atoms with Crippen molar-refractivity contribution in [3.8, 4) is 11.5 Å². The van der Waals surface area contributed by atoms with Gasteiger partial charge in [-0.25, -0.2) is 4.98 Å². The van der Waals surface area contributed by atoms with Crippen molar-refractivity contribution >= 4 is 68.3 Å². The first kappa shape index (κ1) is 51.2. The van der Waals surface area contributed by atoms with Gasteiger partial charge >= 0.3 is 0 Å². The molecule has 0 spiro atoms. The van der Waals surface area contributed by atoms with Crippen molar-refractivity contribution in [2.75, 3.05) is 9.80 Å². The average Bonchev–Trinajstić information content (AvgIpc) is 3.76. The van der Waals surface area contributed by atoms with Gasteiger partial charge in [0.2, 0.25) is 5.89 Å². The topological polar surface area (TPSA) is 32.5 Å². The van der Waals surface area contributed by atoms with Crippen LogP contribution in [-0.2, 0) is 37.9 Å². The molecule has 76 heavy (non-hydrogen) atoms. The van der Waals surface area contributed by atoms with E-state index in [2.05, 4.69) is 238 Å². The molecule has 4 nitrogen and oxygen atoms in total. The summed E-state index contributed by atoms with van der Waals surface area (Å²) in [7, 11) is 0. The maximum Gasteiger partial charge on any atom is 0.252 e. The third-order valence-corrected chi connectivity index (χ3v) is 18.9. The summed E-state index contributed by atoms with van der Waals surface area (Å²) in [5.74, 6) is 3.09.